The Morgan fingerprint density at radius 1 is 1.00 bits per heavy atom. The molecule has 1 fully saturated rings. The van der Waals surface area contributed by atoms with Gasteiger partial charge in [-0.3, -0.25) is 4.79 Å². The van der Waals surface area contributed by atoms with E-state index in [-0.39, 0.29) is 11.5 Å². The van der Waals surface area contributed by atoms with Crippen molar-refractivity contribution in [2.75, 3.05) is 31.1 Å². The maximum absolute atomic E-state index is 13.5. The average Bonchev–Trinajstić information content (AvgIpc) is 2.87. The fraction of sp³-hybridized carbons (Fsp3) is 0.154. The van der Waals surface area contributed by atoms with Crippen LogP contribution in [-0.2, 0) is 0 Å². The van der Waals surface area contributed by atoms with Gasteiger partial charge in [-0.05, 0) is 54.1 Å². The fourth-order valence-electron chi connectivity index (χ4n) is 3.99. The first-order valence-electron chi connectivity index (χ1n) is 11.1. The third kappa shape index (κ3) is 4.84. The van der Waals surface area contributed by atoms with E-state index in [9.17, 15) is 14.3 Å². The molecule has 1 saturated heterocycles. The lowest BCUT2D eigenvalue weighted by Gasteiger charge is -2.30. The molecule has 0 unspecified atom stereocenters. The molecule has 0 radical (unpaired) electrons. The van der Waals surface area contributed by atoms with Crippen molar-refractivity contribution in [2.45, 2.75) is 0 Å². The highest BCUT2D eigenvalue weighted by Crippen LogP contribution is 2.33. The van der Waals surface area contributed by atoms with Crippen LogP contribution < -0.4 is 20.5 Å². The zero-order valence-electron chi connectivity index (χ0n) is 18.6. The first kappa shape index (κ1) is 22.9. The van der Waals surface area contributed by atoms with Crippen molar-refractivity contribution in [3.8, 4) is 34.1 Å². The van der Waals surface area contributed by atoms with Gasteiger partial charge in [0.05, 0.1) is 11.9 Å². The molecule has 9 heteroatoms. The van der Waals surface area contributed by atoms with Gasteiger partial charge in [-0.1, -0.05) is 23.7 Å². The molecule has 0 aliphatic carbocycles. The van der Waals surface area contributed by atoms with E-state index in [2.05, 4.69) is 15.3 Å². The van der Waals surface area contributed by atoms with Crippen LogP contribution in [0.25, 0.3) is 16.8 Å². The van der Waals surface area contributed by atoms with E-state index < -0.39 is 11.4 Å². The van der Waals surface area contributed by atoms with Crippen LogP contribution >= 0.6 is 11.6 Å². The predicted octanol–water partition coefficient (Wildman–Crippen LogP) is 4.60. The summed E-state index contributed by atoms with van der Waals surface area (Å²) in [5, 5.41) is 18.3. The molecule has 1 aliphatic heterocycles. The van der Waals surface area contributed by atoms with Crippen molar-refractivity contribution in [1.29, 1.82) is 0 Å². The van der Waals surface area contributed by atoms with Crippen molar-refractivity contribution in [1.82, 2.24) is 15.1 Å². The van der Waals surface area contributed by atoms with E-state index in [0.717, 1.165) is 19.2 Å². The summed E-state index contributed by atoms with van der Waals surface area (Å²) in [5.74, 6) is -0.0622. The average molecular weight is 493 g/mol. The van der Waals surface area contributed by atoms with Gasteiger partial charge in [-0.15, -0.1) is 0 Å². The van der Waals surface area contributed by atoms with Gasteiger partial charge in [0.2, 0.25) is 5.75 Å². The molecule has 1 aliphatic rings. The number of phenolic OH excluding ortho intramolecular Hbond substituents is 1. The Hall–Kier alpha value is -3.88. The van der Waals surface area contributed by atoms with Crippen molar-refractivity contribution < 1.29 is 14.2 Å². The van der Waals surface area contributed by atoms with Crippen LogP contribution in [-0.4, -0.2) is 41.1 Å². The quantitative estimate of drug-likeness (QED) is 0.424. The summed E-state index contributed by atoms with van der Waals surface area (Å²) in [6.07, 6.45) is 1.64. The lowest BCUT2D eigenvalue weighted by Crippen LogP contribution is -2.44. The molecule has 5 rings (SSSR count). The molecule has 0 bridgehead atoms. The summed E-state index contributed by atoms with van der Waals surface area (Å²) in [5.41, 5.74) is 1.96. The monoisotopic (exact) mass is 492 g/mol. The second-order valence-corrected chi connectivity index (χ2v) is 8.51. The Balaban J connectivity index is 1.52. The number of phenols is 1. The van der Waals surface area contributed by atoms with Gasteiger partial charge in [0, 0.05) is 42.8 Å². The molecule has 0 spiro atoms. The zero-order valence-corrected chi connectivity index (χ0v) is 19.4. The van der Waals surface area contributed by atoms with Gasteiger partial charge in [0.25, 0.3) is 0 Å². The molecule has 0 saturated carbocycles. The summed E-state index contributed by atoms with van der Waals surface area (Å²) >= 11 is 6.00. The number of nitrogens with one attached hydrogen (secondary N) is 1. The number of piperazine rings is 1. The first-order valence-corrected chi connectivity index (χ1v) is 11.5. The normalized spacial score (nSPS) is 13.6. The topological polar surface area (TPSA) is 79.6 Å². The summed E-state index contributed by atoms with van der Waals surface area (Å²) in [6, 6.07) is 17.6. The molecule has 35 heavy (non-hydrogen) atoms. The van der Waals surface area contributed by atoms with Crippen LogP contribution in [0.2, 0.25) is 5.02 Å². The Morgan fingerprint density at radius 3 is 2.40 bits per heavy atom. The molecule has 4 aromatic rings. The smallest absolute Gasteiger partial charge is 0.316 e. The highest BCUT2D eigenvalue weighted by molar-refractivity contribution is 6.30. The minimum atomic E-state index is -0.513. The number of ether oxygens (including phenoxy) is 1. The largest absolute Gasteiger partial charge is 0.507 e. The van der Waals surface area contributed by atoms with Crippen LogP contribution in [0.5, 0.6) is 17.2 Å². The molecular weight excluding hydrogens is 471 g/mol. The van der Waals surface area contributed by atoms with E-state index in [4.69, 9.17) is 16.3 Å². The molecule has 2 heterocycles. The van der Waals surface area contributed by atoms with E-state index in [0.29, 0.717) is 46.4 Å². The van der Waals surface area contributed by atoms with Gasteiger partial charge in [-0.2, -0.15) is 9.78 Å². The SMILES string of the molecule is O=c1c(Oc2ccc(-c3ccc(F)cc3O)cc2)c(N2CCNCC2)cnn1-c1ccc(Cl)cc1. The Labute approximate surface area is 206 Å². The molecule has 178 valence electrons. The van der Waals surface area contributed by atoms with Crippen molar-refractivity contribution in [3.63, 3.8) is 0 Å². The number of halogens is 2. The minimum absolute atomic E-state index is 0.153. The minimum Gasteiger partial charge on any atom is -0.507 e. The van der Waals surface area contributed by atoms with Gasteiger partial charge in [-0.25, -0.2) is 4.39 Å². The maximum Gasteiger partial charge on any atom is 0.316 e. The summed E-state index contributed by atoms with van der Waals surface area (Å²) in [7, 11) is 0. The Bertz CT molecular complexity index is 1400. The summed E-state index contributed by atoms with van der Waals surface area (Å²) < 4.78 is 20.8. The van der Waals surface area contributed by atoms with Crippen LogP contribution in [0.3, 0.4) is 0 Å². The van der Waals surface area contributed by atoms with Crippen LogP contribution in [0.4, 0.5) is 10.1 Å². The number of aromatic nitrogens is 2. The van der Waals surface area contributed by atoms with Gasteiger partial charge in [0.15, 0.2) is 0 Å². The zero-order chi connectivity index (χ0) is 24.4. The van der Waals surface area contributed by atoms with Crippen molar-refractivity contribution >= 4 is 17.3 Å². The number of benzene rings is 3. The van der Waals surface area contributed by atoms with Crippen LogP contribution in [0.1, 0.15) is 0 Å². The summed E-state index contributed by atoms with van der Waals surface area (Å²) in [6.45, 7) is 3.00. The molecule has 1 aromatic heterocycles. The number of rotatable bonds is 5. The number of anilines is 1. The molecule has 2 N–H and O–H groups in total. The third-order valence-corrected chi connectivity index (χ3v) is 6.04. The number of aromatic hydroxyl groups is 1. The number of hydrogen-bond donors (Lipinski definition) is 2. The first-order chi connectivity index (χ1) is 17.0. The lowest BCUT2D eigenvalue weighted by molar-refractivity contribution is 0.463. The second kappa shape index (κ2) is 9.77. The van der Waals surface area contributed by atoms with Gasteiger partial charge in [0.1, 0.15) is 23.0 Å². The third-order valence-electron chi connectivity index (χ3n) is 5.79. The standard InChI is InChI=1S/C26H22ClFN4O3/c27-18-3-6-20(7-4-18)32-26(34)25(23(16-30-32)31-13-11-29-12-14-31)35-21-8-1-17(2-9-21)22-10-5-19(28)15-24(22)33/h1-10,15-16,29,33H,11-14H2. The van der Waals surface area contributed by atoms with Crippen LogP contribution in [0, 0.1) is 5.82 Å². The van der Waals surface area contributed by atoms with E-state index in [1.54, 1.807) is 54.7 Å². The Morgan fingerprint density at radius 2 is 1.71 bits per heavy atom. The number of nitrogens with zero attached hydrogens (tertiary/aromatic N) is 3. The van der Waals surface area contributed by atoms with E-state index in [1.807, 2.05) is 0 Å². The molecule has 0 atom stereocenters. The Kier molecular flexibility index (Phi) is 6.39. The van der Waals surface area contributed by atoms with Crippen molar-refractivity contribution in [2.24, 2.45) is 0 Å². The summed E-state index contributed by atoms with van der Waals surface area (Å²) in [4.78, 5) is 15.6. The second-order valence-electron chi connectivity index (χ2n) is 8.08. The van der Waals surface area contributed by atoms with Gasteiger partial charge < -0.3 is 20.1 Å². The van der Waals surface area contributed by atoms with Crippen molar-refractivity contribution in [3.05, 3.63) is 94.1 Å². The van der Waals surface area contributed by atoms with Gasteiger partial charge >= 0.3 is 5.56 Å². The lowest BCUT2D eigenvalue weighted by atomic mass is 10.0. The maximum atomic E-state index is 13.5. The molecule has 3 aromatic carbocycles. The van der Waals surface area contributed by atoms with Crippen LogP contribution in [0.15, 0.2) is 77.7 Å². The fourth-order valence-corrected chi connectivity index (χ4v) is 4.12. The van der Waals surface area contributed by atoms with E-state index in [1.165, 1.54) is 16.8 Å². The molecule has 7 nitrogen and oxygen atoms in total. The number of hydrogen-bond acceptors (Lipinski definition) is 6. The predicted molar refractivity (Wildman–Crippen MR) is 134 cm³/mol. The highest BCUT2D eigenvalue weighted by Gasteiger charge is 2.21. The molecular formula is C26H22ClFN4O3. The highest BCUT2D eigenvalue weighted by atomic mass is 35.5. The van der Waals surface area contributed by atoms with E-state index >= 15 is 0 Å². The molecule has 0 amide bonds.